The van der Waals surface area contributed by atoms with E-state index in [1.807, 2.05) is 10.8 Å². The van der Waals surface area contributed by atoms with Crippen LogP contribution in [0.5, 0.6) is 0 Å². The molecule has 104 valence electrons. The molecule has 1 amide bonds. The molecule has 1 aliphatic heterocycles. The number of hydrogen-bond acceptors (Lipinski definition) is 4. The van der Waals surface area contributed by atoms with E-state index >= 15 is 0 Å². The molecule has 0 radical (unpaired) electrons. The molecular weight excluding hydrogens is 244 g/mol. The van der Waals surface area contributed by atoms with Gasteiger partial charge in [-0.15, -0.1) is 0 Å². The summed E-state index contributed by atoms with van der Waals surface area (Å²) in [4.78, 5) is 18.3. The van der Waals surface area contributed by atoms with Crippen molar-refractivity contribution in [3.63, 3.8) is 0 Å². The topological polar surface area (TPSA) is 70.4 Å². The fourth-order valence-electron chi connectivity index (χ4n) is 2.80. The highest BCUT2D eigenvalue weighted by molar-refractivity contribution is 5.92. The molecule has 0 spiro atoms. The largest absolute Gasteiger partial charge is 0.393 e. The van der Waals surface area contributed by atoms with Gasteiger partial charge in [-0.25, -0.2) is 4.98 Å². The molecule has 6 nitrogen and oxygen atoms in total. The highest BCUT2D eigenvalue weighted by Crippen LogP contribution is 2.28. The molecule has 2 N–H and O–H groups in total. The van der Waals surface area contributed by atoms with E-state index in [1.54, 1.807) is 11.9 Å². The van der Waals surface area contributed by atoms with Crippen LogP contribution in [0.25, 0.3) is 0 Å². The lowest BCUT2D eigenvalue weighted by Gasteiger charge is -2.34. The fourth-order valence-corrected chi connectivity index (χ4v) is 2.80. The predicted octanol–water partition coefficient (Wildman–Crippen LogP) is 0.542. The van der Waals surface area contributed by atoms with Crippen LogP contribution in [0, 0.1) is 5.92 Å². The van der Waals surface area contributed by atoms with E-state index < -0.39 is 0 Å². The smallest absolute Gasteiger partial charge is 0.273 e. The van der Waals surface area contributed by atoms with Crippen LogP contribution >= 0.6 is 0 Å². The zero-order valence-corrected chi connectivity index (χ0v) is 11.2. The summed E-state index contributed by atoms with van der Waals surface area (Å²) in [6.45, 7) is 2.53. The summed E-state index contributed by atoms with van der Waals surface area (Å²) < 4.78 is 2.00. The molecule has 2 aliphatic rings. The Morgan fingerprint density at radius 1 is 1.63 bits per heavy atom. The van der Waals surface area contributed by atoms with Gasteiger partial charge in [0.2, 0.25) is 5.95 Å². The number of nitrogens with one attached hydrogen (secondary N) is 1. The van der Waals surface area contributed by atoms with Gasteiger partial charge in [0, 0.05) is 32.9 Å². The quantitative estimate of drug-likeness (QED) is 0.836. The number of aliphatic hydroxyl groups excluding tert-OH is 1. The van der Waals surface area contributed by atoms with Crippen LogP contribution in [0.3, 0.4) is 0 Å². The van der Waals surface area contributed by atoms with Crippen molar-refractivity contribution < 1.29 is 9.90 Å². The average molecular weight is 264 g/mol. The Bertz CT molecular complexity index is 455. The second-order valence-electron chi connectivity index (χ2n) is 5.60. The molecule has 2 heterocycles. The third kappa shape index (κ3) is 2.45. The van der Waals surface area contributed by atoms with Crippen molar-refractivity contribution in [1.82, 2.24) is 14.5 Å². The van der Waals surface area contributed by atoms with Gasteiger partial charge in [0.05, 0.1) is 6.10 Å². The number of hydrogen-bond donors (Lipinski definition) is 2. The van der Waals surface area contributed by atoms with Gasteiger partial charge in [0.1, 0.15) is 5.69 Å². The van der Waals surface area contributed by atoms with Gasteiger partial charge in [-0.05, 0) is 25.2 Å². The van der Waals surface area contributed by atoms with Crippen molar-refractivity contribution in [3.05, 3.63) is 11.9 Å². The van der Waals surface area contributed by atoms with E-state index in [-0.39, 0.29) is 12.0 Å². The minimum atomic E-state index is -0.169. The normalized spacial score (nSPS) is 25.2. The summed E-state index contributed by atoms with van der Waals surface area (Å²) in [6.07, 6.45) is 4.33. The van der Waals surface area contributed by atoms with E-state index in [4.69, 9.17) is 0 Å². The Balaban J connectivity index is 1.64. The molecule has 1 fully saturated rings. The lowest BCUT2D eigenvalue weighted by molar-refractivity contribution is 0.0264. The van der Waals surface area contributed by atoms with Crippen LogP contribution in [-0.2, 0) is 6.54 Å². The van der Waals surface area contributed by atoms with E-state index in [0.717, 1.165) is 38.3 Å². The fraction of sp³-hybridized carbons (Fsp3) is 0.692. The molecule has 0 saturated heterocycles. The molecule has 0 unspecified atom stereocenters. The summed E-state index contributed by atoms with van der Waals surface area (Å²) in [6, 6.07) is 0. The zero-order valence-electron chi connectivity index (χ0n) is 11.2. The number of carbonyl (C=O) groups excluding carboxylic acids is 1. The second-order valence-corrected chi connectivity index (χ2v) is 5.60. The van der Waals surface area contributed by atoms with Crippen LogP contribution < -0.4 is 5.32 Å². The van der Waals surface area contributed by atoms with Gasteiger partial charge in [0.25, 0.3) is 5.91 Å². The van der Waals surface area contributed by atoms with E-state index in [2.05, 4.69) is 10.3 Å². The molecule has 1 aromatic heterocycles. The Morgan fingerprint density at radius 3 is 3.11 bits per heavy atom. The SMILES string of the molecule is CN(CC1CC(O)C1)C(=O)c1cn2c(n1)NCCC2. The van der Waals surface area contributed by atoms with Crippen LogP contribution in [-0.4, -0.2) is 51.7 Å². The Kier molecular flexibility index (Phi) is 3.18. The minimum absolute atomic E-state index is 0.0370. The molecule has 6 heteroatoms. The Labute approximate surface area is 112 Å². The van der Waals surface area contributed by atoms with Gasteiger partial charge in [0.15, 0.2) is 0 Å². The number of imidazole rings is 1. The molecule has 0 bridgehead atoms. The predicted molar refractivity (Wildman–Crippen MR) is 71.0 cm³/mol. The summed E-state index contributed by atoms with van der Waals surface area (Å²) in [5, 5.41) is 12.5. The number of aliphatic hydroxyl groups is 1. The van der Waals surface area contributed by atoms with Crippen molar-refractivity contribution >= 4 is 11.9 Å². The number of carbonyl (C=O) groups is 1. The highest BCUT2D eigenvalue weighted by Gasteiger charge is 2.30. The monoisotopic (exact) mass is 264 g/mol. The van der Waals surface area contributed by atoms with Crippen LogP contribution in [0.15, 0.2) is 6.20 Å². The lowest BCUT2D eigenvalue weighted by atomic mass is 9.82. The third-order valence-corrected chi connectivity index (χ3v) is 3.94. The molecular formula is C13H20N4O2. The number of aromatic nitrogens is 2. The number of fused-ring (bicyclic) bond motifs is 1. The highest BCUT2D eigenvalue weighted by atomic mass is 16.3. The van der Waals surface area contributed by atoms with Crippen molar-refractivity contribution in [2.24, 2.45) is 5.92 Å². The van der Waals surface area contributed by atoms with Crippen LogP contribution in [0.1, 0.15) is 29.8 Å². The average Bonchev–Trinajstić information content (AvgIpc) is 2.79. The summed E-state index contributed by atoms with van der Waals surface area (Å²) >= 11 is 0. The summed E-state index contributed by atoms with van der Waals surface area (Å²) in [7, 11) is 1.80. The van der Waals surface area contributed by atoms with E-state index in [1.165, 1.54) is 0 Å². The first-order valence-electron chi connectivity index (χ1n) is 6.88. The number of nitrogens with zero attached hydrogens (tertiary/aromatic N) is 3. The van der Waals surface area contributed by atoms with E-state index in [9.17, 15) is 9.90 Å². The first-order chi connectivity index (χ1) is 9.13. The number of aryl methyl sites for hydroxylation is 1. The maximum atomic E-state index is 12.3. The molecule has 1 aliphatic carbocycles. The molecule has 1 saturated carbocycles. The molecule has 19 heavy (non-hydrogen) atoms. The van der Waals surface area contributed by atoms with Crippen molar-refractivity contribution in [3.8, 4) is 0 Å². The van der Waals surface area contributed by atoms with Gasteiger partial charge >= 0.3 is 0 Å². The maximum absolute atomic E-state index is 12.3. The number of rotatable bonds is 3. The Morgan fingerprint density at radius 2 is 2.42 bits per heavy atom. The van der Waals surface area contributed by atoms with E-state index in [0.29, 0.717) is 18.2 Å². The standard InChI is InChI=1S/C13H20N4O2/c1-16(7-9-5-10(18)6-9)12(19)11-8-17-4-2-3-14-13(17)15-11/h8-10,18H,2-7H2,1H3,(H,14,15). The molecule has 3 rings (SSSR count). The van der Waals surface area contributed by atoms with Crippen molar-refractivity contribution in [2.45, 2.75) is 31.9 Å². The molecule has 0 atom stereocenters. The Hall–Kier alpha value is -1.56. The van der Waals surface area contributed by atoms with Gasteiger partial charge in [-0.3, -0.25) is 4.79 Å². The third-order valence-electron chi connectivity index (χ3n) is 3.94. The first-order valence-corrected chi connectivity index (χ1v) is 6.88. The van der Waals surface area contributed by atoms with Crippen molar-refractivity contribution in [1.29, 1.82) is 0 Å². The number of amides is 1. The first kappa shape index (κ1) is 12.5. The summed E-state index contributed by atoms with van der Waals surface area (Å²) in [5.74, 6) is 1.19. The molecule has 0 aromatic carbocycles. The maximum Gasteiger partial charge on any atom is 0.273 e. The van der Waals surface area contributed by atoms with Crippen molar-refractivity contribution in [2.75, 3.05) is 25.5 Å². The molecule has 1 aromatic rings. The van der Waals surface area contributed by atoms with Crippen LogP contribution in [0.4, 0.5) is 5.95 Å². The van der Waals surface area contributed by atoms with Gasteiger partial charge in [-0.1, -0.05) is 0 Å². The van der Waals surface area contributed by atoms with Gasteiger partial charge in [-0.2, -0.15) is 0 Å². The van der Waals surface area contributed by atoms with Gasteiger partial charge < -0.3 is 19.9 Å². The lowest BCUT2D eigenvalue weighted by Crippen LogP contribution is -2.39. The van der Waals surface area contributed by atoms with Crippen LogP contribution in [0.2, 0.25) is 0 Å². The summed E-state index contributed by atoms with van der Waals surface area (Å²) in [5.41, 5.74) is 0.506. The number of anilines is 1. The zero-order chi connectivity index (χ0) is 13.4. The second kappa shape index (κ2) is 4.85. The minimum Gasteiger partial charge on any atom is -0.393 e.